The zero-order valence-corrected chi connectivity index (χ0v) is 18.3. The van der Waals surface area contributed by atoms with Crippen molar-refractivity contribution in [1.29, 1.82) is 0 Å². The number of fused-ring (bicyclic) bond motifs is 1. The second-order valence-electron chi connectivity index (χ2n) is 8.67. The number of carbonyl (C=O) groups is 2. The lowest BCUT2D eigenvalue weighted by atomic mass is 9.73. The number of hydrogen-bond donors (Lipinski definition) is 3. The lowest BCUT2D eigenvalue weighted by Crippen LogP contribution is -2.57. The fraction of sp³-hybridized carbons (Fsp3) is 0.280. The highest BCUT2D eigenvalue weighted by molar-refractivity contribution is 6.04. The van der Waals surface area contributed by atoms with E-state index in [9.17, 15) is 14.7 Å². The predicted octanol–water partition coefficient (Wildman–Crippen LogP) is 4.23. The lowest BCUT2D eigenvalue weighted by Gasteiger charge is -2.41. The van der Waals surface area contributed by atoms with Crippen molar-refractivity contribution in [2.75, 3.05) is 5.32 Å². The molecule has 3 aromatic rings. The van der Waals surface area contributed by atoms with Crippen LogP contribution >= 0.6 is 0 Å². The first kappa shape index (κ1) is 21.5. The monoisotopic (exact) mass is 430 g/mol. The van der Waals surface area contributed by atoms with Crippen molar-refractivity contribution in [3.63, 3.8) is 0 Å². The first-order valence-electron chi connectivity index (χ1n) is 10.6. The molecule has 0 unspecified atom stereocenters. The van der Waals surface area contributed by atoms with Crippen LogP contribution in [-0.2, 0) is 16.0 Å². The Kier molecular flexibility index (Phi) is 5.42. The zero-order chi connectivity index (χ0) is 22.9. The van der Waals surface area contributed by atoms with Crippen molar-refractivity contribution in [3.05, 3.63) is 72.3 Å². The van der Waals surface area contributed by atoms with Crippen LogP contribution in [0.3, 0.4) is 0 Å². The number of rotatable bonds is 8. The molecule has 1 aliphatic carbocycles. The minimum absolute atomic E-state index is 0.00338. The summed E-state index contributed by atoms with van der Waals surface area (Å²) in [6.07, 6.45) is 7.41. The van der Waals surface area contributed by atoms with Gasteiger partial charge in [0.05, 0.1) is 5.41 Å². The summed E-state index contributed by atoms with van der Waals surface area (Å²) in [6, 6.07) is 11.5. The van der Waals surface area contributed by atoms with Crippen molar-refractivity contribution in [2.45, 2.75) is 39.2 Å². The van der Waals surface area contributed by atoms with Gasteiger partial charge < -0.3 is 15.7 Å². The van der Waals surface area contributed by atoms with Crippen LogP contribution in [0.25, 0.3) is 10.8 Å². The molecule has 1 atom stereocenters. The third-order valence-electron chi connectivity index (χ3n) is 6.24. The van der Waals surface area contributed by atoms with E-state index < -0.39 is 16.9 Å². The van der Waals surface area contributed by atoms with Gasteiger partial charge in [-0.1, -0.05) is 19.1 Å². The van der Waals surface area contributed by atoms with Crippen LogP contribution in [0.5, 0.6) is 0 Å². The van der Waals surface area contributed by atoms with Crippen molar-refractivity contribution in [2.24, 2.45) is 5.41 Å². The highest BCUT2D eigenvalue weighted by Gasteiger charge is 2.46. The number of benzene rings is 1. The second-order valence-corrected chi connectivity index (χ2v) is 8.67. The number of aromatic nitrogens is 2. The molecule has 0 aliphatic heterocycles. The molecule has 1 aliphatic rings. The van der Waals surface area contributed by atoms with Crippen LogP contribution < -0.4 is 10.6 Å². The molecule has 0 saturated carbocycles. The van der Waals surface area contributed by atoms with Crippen LogP contribution in [0.4, 0.5) is 11.5 Å². The molecule has 1 aromatic carbocycles. The molecule has 3 N–H and O–H groups in total. The predicted molar refractivity (Wildman–Crippen MR) is 124 cm³/mol. The molecule has 4 rings (SSSR count). The fourth-order valence-corrected chi connectivity index (χ4v) is 3.84. The van der Waals surface area contributed by atoms with Gasteiger partial charge in [-0.2, -0.15) is 0 Å². The zero-order valence-electron chi connectivity index (χ0n) is 18.3. The van der Waals surface area contributed by atoms with Crippen LogP contribution in [0.2, 0.25) is 0 Å². The Morgan fingerprint density at radius 3 is 2.50 bits per heavy atom. The van der Waals surface area contributed by atoms with Gasteiger partial charge in [0.1, 0.15) is 11.4 Å². The highest BCUT2D eigenvalue weighted by atomic mass is 16.4. The molecule has 0 fully saturated rings. The Labute approximate surface area is 186 Å². The molecule has 2 aromatic heterocycles. The lowest BCUT2D eigenvalue weighted by molar-refractivity contribution is -0.145. The van der Waals surface area contributed by atoms with E-state index in [0.29, 0.717) is 18.5 Å². The van der Waals surface area contributed by atoms with Crippen molar-refractivity contribution in [3.8, 4) is 0 Å². The van der Waals surface area contributed by atoms with E-state index in [1.165, 1.54) is 6.08 Å². The number of nitrogens with one attached hydrogen (secondary N) is 2. The second kappa shape index (κ2) is 8.07. The number of carbonyl (C=O) groups excluding carboxylic acids is 1. The maximum atomic E-state index is 12.3. The Morgan fingerprint density at radius 2 is 1.88 bits per heavy atom. The molecule has 0 bridgehead atoms. The molecule has 7 heteroatoms. The van der Waals surface area contributed by atoms with Gasteiger partial charge >= 0.3 is 5.97 Å². The summed E-state index contributed by atoms with van der Waals surface area (Å²) in [6.45, 7) is 5.45. The first-order chi connectivity index (χ1) is 15.2. The first-order valence-corrected chi connectivity index (χ1v) is 10.6. The Morgan fingerprint density at radius 1 is 1.12 bits per heavy atom. The van der Waals surface area contributed by atoms with Gasteiger partial charge in [0, 0.05) is 53.2 Å². The number of pyridine rings is 2. The van der Waals surface area contributed by atoms with Gasteiger partial charge in [-0.05, 0) is 50.1 Å². The average Bonchev–Trinajstić information content (AvgIpc) is 2.79. The van der Waals surface area contributed by atoms with Crippen molar-refractivity contribution in [1.82, 2.24) is 15.3 Å². The Hall–Kier alpha value is -3.74. The van der Waals surface area contributed by atoms with E-state index >= 15 is 0 Å². The fourth-order valence-electron chi connectivity index (χ4n) is 3.84. The quantitative estimate of drug-likeness (QED) is 0.491. The molecule has 164 valence electrons. The molecule has 0 saturated heterocycles. The number of nitrogens with zero attached hydrogens (tertiary/aromatic N) is 2. The third kappa shape index (κ3) is 3.82. The number of anilines is 2. The van der Waals surface area contributed by atoms with E-state index in [0.717, 1.165) is 27.8 Å². The molecule has 32 heavy (non-hydrogen) atoms. The molecular formula is C25H26N4O3. The number of carboxylic acids is 1. The van der Waals surface area contributed by atoms with Crippen LogP contribution in [0.15, 0.2) is 66.8 Å². The number of carboxylic acid groups (broad SMARTS) is 1. The smallest absolute Gasteiger partial charge is 0.329 e. The molecule has 2 heterocycles. The highest BCUT2D eigenvalue weighted by Crippen LogP contribution is 2.37. The third-order valence-corrected chi connectivity index (χ3v) is 6.24. The van der Waals surface area contributed by atoms with E-state index in [2.05, 4.69) is 20.6 Å². The summed E-state index contributed by atoms with van der Waals surface area (Å²) in [4.78, 5) is 32.7. The molecular weight excluding hydrogens is 404 g/mol. The summed E-state index contributed by atoms with van der Waals surface area (Å²) < 4.78 is 0. The summed E-state index contributed by atoms with van der Waals surface area (Å²) in [5, 5.41) is 18.5. The van der Waals surface area contributed by atoms with E-state index in [4.69, 9.17) is 0 Å². The standard InChI is InChI=1S/C25H26N4O3/c1-4-25(23(31)32,29-20-13-21(30)24(20,2)3)14-16-5-7-18(8-6-16)28-22-19-10-11-26-15-17(19)9-12-27-22/h5-13,15,29H,4,14H2,1-3H3,(H,27,28)(H,31,32)/t25-/m0/s1. The molecule has 0 radical (unpaired) electrons. The van der Waals surface area contributed by atoms with Gasteiger partial charge in [-0.3, -0.25) is 9.78 Å². The van der Waals surface area contributed by atoms with Crippen molar-refractivity contribution >= 4 is 34.0 Å². The number of ketones is 1. The van der Waals surface area contributed by atoms with Crippen LogP contribution in [-0.4, -0.2) is 32.4 Å². The van der Waals surface area contributed by atoms with Crippen molar-refractivity contribution < 1.29 is 14.7 Å². The minimum Gasteiger partial charge on any atom is -0.479 e. The molecule has 7 nitrogen and oxygen atoms in total. The van der Waals surface area contributed by atoms with Gasteiger partial charge in [0.25, 0.3) is 0 Å². The topological polar surface area (TPSA) is 104 Å². The Balaban J connectivity index is 1.54. The summed E-state index contributed by atoms with van der Waals surface area (Å²) in [5.41, 5.74) is 0.533. The van der Waals surface area contributed by atoms with Crippen LogP contribution in [0.1, 0.15) is 32.8 Å². The van der Waals surface area contributed by atoms with E-state index in [1.54, 1.807) is 32.4 Å². The SMILES string of the molecule is CC[C@@](Cc1ccc(Nc2nccc3cnccc23)cc1)(NC1=CC(=O)C1(C)C)C(=O)O. The largest absolute Gasteiger partial charge is 0.479 e. The summed E-state index contributed by atoms with van der Waals surface area (Å²) in [5.74, 6) is -0.202. The van der Waals surface area contributed by atoms with E-state index in [1.807, 2.05) is 43.3 Å². The van der Waals surface area contributed by atoms with Gasteiger partial charge in [0.2, 0.25) is 0 Å². The van der Waals surface area contributed by atoms with Gasteiger partial charge in [0.15, 0.2) is 5.78 Å². The van der Waals surface area contributed by atoms with Gasteiger partial charge in [-0.15, -0.1) is 0 Å². The minimum atomic E-state index is -1.19. The normalized spacial score (nSPS) is 16.6. The summed E-state index contributed by atoms with van der Waals surface area (Å²) >= 11 is 0. The van der Waals surface area contributed by atoms with Gasteiger partial charge in [-0.25, -0.2) is 9.78 Å². The number of hydrogen-bond acceptors (Lipinski definition) is 6. The number of allylic oxidation sites excluding steroid dienone is 2. The maximum Gasteiger partial charge on any atom is 0.329 e. The van der Waals surface area contributed by atoms with E-state index in [-0.39, 0.29) is 5.78 Å². The maximum absolute atomic E-state index is 12.3. The summed E-state index contributed by atoms with van der Waals surface area (Å²) in [7, 11) is 0. The molecule has 0 amide bonds. The molecule has 0 spiro atoms. The Bertz CT molecular complexity index is 1210. The number of aliphatic carboxylic acids is 1. The van der Waals surface area contributed by atoms with Crippen LogP contribution in [0, 0.1) is 5.41 Å². The average molecular weight is 431 g/mol.